The Labute approximate surface area is 335 Å². The van der Waals surface area contributed by atoms with E-state index in [1.165, 1.54) is 107 Å². The number of fused-ring (bicyclic) bond motifs is 1. The van der Waals surface area contributed by atoms with Gasteiger partial charge in [0, 0.05) is 31.1 Å². The first kappa shape index (κ1) is 45.1. The molecule has 0 bridgehead atoms. The fraction of sp³-hybridized carbons (Fsp3) is 0.600. The van der Waals surface area contributed by atoms with Crippen molar-refractivity contribution in [3.05, 3.63) is 77.9 Å². The topological polar surface area (TPSA) is 65.5 Å². The third-order valence-corrected chi connectivity index (χ3v) is 16.3. The number of ketones is 1. The molecule has 1 unspecified atom stereocenters. The molecule has 0 amide bonds. The number of Topliss-reactive ketones (excluding diaryl/α,β-unsaturated/α-hetero) is 1. The second-order valence-corrected chi connectivity index (χ2v) is 20.0. The molecule has 3 aromatic carbocycles. The Bertz CT molecular complexity index is 1480. The van der Waals surface area contributed by atoms with Crippen molar-refractivity contribution >= 4 is 47.9 Å². The highest BCUT2D eigenvalue weighted by atomic mass is 35.5. The molecule has 5 rings (SSSR count). The molecule has 2 saturated carbocycles. The SMILES string of the molecule is CCCC[P+](CCCC)(CCCC)Cc1ccc(NCC(NC(=NC2CCCCC2)NC2CCCCC2)C(=O)c2ccc3ccccc3c2)cc1.Cl.[Cl-]. The van der Waals surface area contributed by atoms with Crippen LogP contribution in [0.3, 0.4) is 0 Å². The van der Waals surface area contributed by atoms with Crippen molar-refractivity contribution in [2.24, 2.45) is 4.99 Å². The summed E-state index contributed by atoms with van der Waals surface area (Å²) in [6.07, 6.45) is 25.7. The summed E-state index contributed by atoms with van der Waals surface area (Å²) in [4.78, 5) is 19.7. The third-order valence-electron chi connectivity index (χ3n) is 11.4. The van der Waals surface area contributed by atoms with Crippen LogP contribution in [0.5, 0.6) is 0 Å². The number of nitrogens with one attached hydrogen (secondary N) is 3. The first-order valence-corrected chi connectivity index (χ1v) is 23.4. The van der Waals surface area contributed by atoms with Crippen molar-refractivity contribution < 1.29 is 17.2 Å². The predicted molar refractivity (Wildman–Crippen MR) is 232 cm³/mol. The number of anilines is 1. The molecule has 0 spiro atoms. The molecule has 0 aliphatic heterocycles. The van der Waals surface area contributed by atoms with Crippen molar-refractivity contribution in [3.8, 4) is 0 Å². The lowest BCUT2D eigenvalue weighted by Gasteiger charge is -2.29. The smallest absolute Gasteiger partial charge is 0.192 e. The summed E-state index contributed by atoms with van der Waals surface area (Å²) in [5, 5.41) is 13.4. The molecule has 8 heteroatoms. The van der Waals surface area contributed by atoms with E-state index in [4.69, 9.17) is 4.99 Å². The summed E-state index contributed by atoms with van der Waals surface area (Å²) in [5.74, 6) is 0.917. The van der Waals surface area contributed by atoms with E-state index in [1.54, 1.807) is 0 Å². The molecule has 3 N–H and O–H groups in total. The van der Waals surface area contributed by atoms with Crippen molar-refractivity contribution in [1.29, 1.82) is 0 Å². The second-order valence-electron chi connectivity index (χ2n) is 15.7. The van der Waals surface area contributed by atoms with Gasteiger partial charge in [0.25, 0.3) is 0 Å². The number of hydrogen-bond acceptors (Lipinski definition) is 3. The van der Waals surface area contributed by atoms with Crippen molar-refractivity contribution in [2.75, 3.05) is 30.3 Å². The van der Waals surface area contributed by atoms with E-state index in [1.807, 2.05) is 12.1 Å². The highest BCUT2D eigenvalue weighted by Crippen LogP contribution is 2.63. The average molecular weight is 784 g/mol. The van der Waals surface area contributed by atoms with Gasteiger partial charge in [0.05, 0.1) is 30.7 Å². The monoisotopic (exact) mass is 782 g/mol. The zero-order valence-electron chi connectivity index (χ0n) is 33.0. The number of hydrogen-bond donors (Lipinski definition) is 3. The summed E-state index contributed by atoms with van der Waals surface area (Å²) in [6.45, 7) is 7.52. The fourth-order valence-corrected chi connectivity index (χ4v) is 13.3. The minimum Gasteiger partial charge on any atom is -1.00 e. The van der Waals surface area contributed by atoms with Gasteiger partial charge in [-0.05, 0) is 79.5 Å². The van der Waals surface area contributed by atoms with Gasteiger partial charge in [-0.25, -0.2) is 4.99 Å². The summed E-state index contributed by atoms with van der Waals surface area (Å²) in [5.41, 5.74) is 3.30. The number of rotatable bonds is 19. The van der Waals surface area contributed by atoms with Crippen LogP contribution in [-0.2, 0) is 6.16 Å². The zero-order chi connectivity index (χ0) is 35.7. The first-order valence-electron chi connectivity index (χ1n) is 20.8. The van der Waals surface area contributed by atoms with Gasteiger partial charge >= 0.3 is 0 Å². The van der Waals surface area contributed by atoms with Crippen LogP contribution < -0.4 is 28.4 Å². The highest BCUT2D eigenvalue weighted by Gasteiger charge is 2.35. The Morgan fingerprint density at radius 3 is 1.94 bits per heavy atom. The van der Waals surface area contributed by atoms with Gasteiger partial charge in [0.2, 0.25) is 0 Å². The van der Waals surface area contributed by atoms with Gasteiger partial charge in [-0.15, -0.1) is 12.4 Å². The van der Waals surface area contributed by atoms with E-state index in [0.29, 0.717) is 18.6 Å². The number of guanidine groups is 1. The lowest BCUT2D eigenvalue weighted by molar-refractivity contribution is -0.0000185. The summed E-state index contributed by atoms with van der Waals surface area (Å²) in [7, 11) is -1.02. The van der Waals surface area contributed by atoms with E-state index in [2.05, 4.69) is 91.3 Å². The lowest BCUT2D eigenvalue weighted by Crippen LogP contribution is -3.00. The molecule has 2 aliphatic carbocycles. The quantitative estimate of drug-likeness (QED) is 0.0492. The summed E-state index contributed by atoms with van der Waals surface area (Å²) in [6, 6.07) is 23.9. The van der Waals surface area contributed by atoms with Crippen LogP contribution >= 0.6 is 19.7 Å². The second kappa shape index (κ2) is 24.2. The number of carbonyl (C=O) groups is 1. The number of halogens is 2. The molecule has 2 aliphatic rings. The average Bonchev–Trinajstić information content (AvgIpc) is 3.17. The van der Waals surface area contributed by atoms with Crippen molar-refractivity contribution in [2.45, 2.75) is 148 Å². The lowest BCUT2D eigenvalue weighted by atomic mass is 9.95. The van der Waals surface area contributed by atoms with Crippen LogP contribution in [0.25, 0.3) is 10.8 Å². The zero-order valence-corrected chi connectivity index (χ0v) is 35.5. The van der Waals surface area contributed by atoms with Crippen molar-refractivity contribution in [1.82, 2.24) is 10.6 Å². The summed E-state index contributed by atoms with van der Waals surface area (Å²) >= 11 is 0. The van der Waals surface area contributed by atoms with Crippen LogP contribution in [-0.4, -0.2) is 54.9 Å². The Morgan fingerprint density at radius 1 is 0.755 bits per heavy atom. The fourth-order valence-electron chi connectivity index (χ4n) is 8.26. The molecule has 1 atom stereocenters. The van der Waals surface area contributed by atoms with Gasteiger partial charge in [0.15, 0.2) is 11.7 Å². The van der Waals surface area contributed by atoms with E-state index in [9.17, 15) is 4.79 Å². The van der Waals surface area contributed by atoms with Crippen molar-refractivity contribution in [3.63, 3.8) is 0 Å². The normalized spacial score (nSPS) is 16.3. The molecule has 0 radical (unpaired) electrons. The highest BCUT2D eigenvalue weighted by molar-refractivity contribution is 7.75. The molecule has 5 nitrogen and oxygen atoms in total. The Morgan fingerprint density at radius 2 is 1.34 bits per heavy atom. The van der Waals surface area contributed by atoms with Gasteiger partial charge in [-0.1, -0.05) is 127 Å². The number of aliphatic imine (C=N–C) groups is 1. The third kappa shape index (κ3) is 14.4. The molecular weight excluding hydrogens is 714 g/mol. The number of unbranched alkanes of at least 4 members (excludes halogenated alkanes) is 3. The van der Waals surface area contributed by atoms with E-state index in [0.717, 1.165) is 53.7 Å². The maximum atomic E-state index is 14.4. The Balaban J connectivity index is 0.00000378. The van der Waals surface area contributed by atoms with Crippen LogP contribution in [0, 0.1) is 0 Å². The van der Waals surface area contributed by atoms with Gasteiger partial charge in [0.1, 0.15) is 6.04 Å². The van der Waals surface area contributed by atoms with Crippen LogP contribution in [0.2, 0.25) is 0 Å². The minimum absolute atomic E-state index is 0. The number of carbonyl (C=O) groups excluding carboxylic acids is 1. The Hall–Kier alpha value is -2.33. The predicted octanol–water partition coefficient (Wildman–Crippen LogP) is 9.05. The largest absolute Gasteiger partial charge is 1.00 e. The molecule has 294 valence electrons. The van der Waals surface area contributed by atoms with Crippen LogP contribution in [0.1, 0.15) is 139 Å². The molecule has 3 aromatic rings. The Kier molecular flexibility index (Phi) is 20.6. The summed E-state index contributed by atoms with van der Waals surface area (Å²) < 4.78 is 0. The number of benzene rings is 3. The molecular formula is C45H69Cl2N4OP. The minimum atomic E-state index is -1.02. The van der Waals surface area contributed by atoms with Gasteiger partial charge in [-0.3, -0.25) is 4.79 Å². The first-order chi connectivity index (χ1) is 25.0. The van der Waals surface area contributed by atoms with E-state index < -0.39 is 13.3 Å². The van der Waals surface area contributed by atoms with Gasteiger partial charge in [-0.2, -0.15) is 0 Å². The molecule has 0 saturated heterocycles. The molecule has 0 heterocycles. The molecule has 2 fully saturated rings. The maximum absolute atomic E-state index is 14.4. The van der Waals surface area contributed by atoms with Crippen LogP contribution in [0.15, 0.2) is 71.7 Å². The van der Waals surface area contributed by atoms with Gasteiger partial charge < -0.3 is 28.4 Å². The van der Waals surface area contributed by atoms with E-state index >= 15 is 0 Å². The van der Waals surface area contributed by atoms with E-state index in [-0.39, 0.29) is 30.6 Å². The maximum Gasteiger partial charge on any atom is 0.192 e. The molecule has 53 heavy (non-hydrogen) atoms. The standard InChI is InChI=1S/C45H68N4OP.2ClH/c1-4-7-30-51(31-8-5-2,32-9-6-3)35-36-24-28-40(29-25-36)46-34-43(44(50)39-27-26-37-18-16-17-19-38(37)33-39)49-45(47-41-20-12-10-13-21-41)48-42-22-14-11-15-23-42;;/h16-19,24-29,33,41-43,46H,4-15,20-23,30-32,34-35H2,1-3H3,(H2,47,48,49);2*1H/q+1;;/p-1. The van der Waals surface area contributed by atoms with Crippen LogP contribution in [0.4, 0.5) is 5.69 Å². The molecule has 0 aromatic heterocycles. The number of nitrogens with zero attached hydrogens (tertiary/aromatic N) is 1.